The summed E-state index contributed by atoms with van der Waals surface area (Å²) < 4.78 is 0. The number of carbonyl (C=O) groups is 3. The average molecular weight is 486 g/mol. The van der Waals surface area contributed by atoms with Crippen LogP contribution >= 0.6 is 11.8 Å². The maximum Gasteiger partial charge on any atom is 0.326 e. The first-order chi connectivity index (χ1) is 16.2. The molecule has 0 fully saturated rings. The van der Waals surface area contributed by atoms with Crippen LogP contribution in [0.25, 0.3) is 11.2 Å². The van der Waals surface area contributed by atoms with Crippen molar-refractivity contribution < 1.29 is 24.6 Å². The molecule has 3 aromatic rings. The predicted octanol–water partition coefficient (Wildman–Crippen LogP) is 1.41. The molecule has 1 amide bonds. The molecule has 0 aliphatic heterocycles. The van der Waals surface area contributed by atoms with E-state index < -0.39 is 23.9 Å². The topological polar surface area (TPSA) is 185 Å². The van der Waals surface area contributed by atoms with Crippen LogP contribution in [0.15, 0.2) is 35.5 Å². The lowest BCUT2D eigenvalue weighted by molar-refractivity contribution is -0.140. The zero-order chi connectivity index (χ0) is 24.8. The lowest BCUT2D eigenvalue weighted by Gasteiger charge is -2.19. The molecule has 0 saturated carbocycles. The van der Waals surface area contributed by atoms with Crippen molar-refractivity contribution in [1.82, 2.24) is 25.3 Å². The molecule has 13 heteroatoms. The van der Waals surface area contributed by atoms with Gasteiger partial charge in [-0.15, -0.1) is 11.8 Å². The number of carboxylic acids is 2. The van der Waals surface area contributed by atoms with Crippen molar-refractivity contribution in [2.45, 2.75) is 30.5 Å². The molecule has 0 radical (unpaired) electrons. The zero-order valence-corrected chi connectivity index (χ0v) is 19.2. The Balaban J connectivity index is 1.69. The largest absolute Gasteiger partial charge is 0.481 e. The van der Waals surface area contributed by atoms with Gasteiger partial charge >= 0.3 is 11.9 Å². The van der Waals surface area contributed by atoms with Crippen LogP contribution in [-0.2, 0) is 16.1 Å². The molecular formula is C21H23N7O5S. The average Bonchev–Trinajstić information content (AvgIpc) is 2.80. The maximum absolute atomic E-state index is 12.4. The highest BCUT2D eigenvalue weighted by Gasteiger charge is 2.21. The number of aliphatic carboxylic acids is 2. The molecule has 2 heterocycles. The summed E-state index contributed by atoms with van der Waals surface area (Å²) in [5.41, 5.74) is 8.41. The molecule has 0 bridgehead atoms. The van der Waals surface area contributed by atoms with Crippen molar-refractivity contribution in [1.29, 1.82) is 0 Å². The molecule has 34 heavy (non-hydrogen) atoms. The number of rotatable bonds is 10. The number of thioether (sulfide) groups is 1. The van der Waals surface area contributed by atoms with Gasteiger partial charge in [0.05, 0.1) is 18.4 Å². The first kappa shape index (κ1) is 24.6. The number of carbonyl (C=O) groups excluding carboxylic acids is 1. The van der Waals surface area contributed by atoms with Gasteiger partial charge in [0, 0.05) is 24.7 Å². The lowest BCUT2D eigenvalue weighted by Crippen LogP contribution is -2.41. The van der Waals surface area contributed by atoms with Crippen LogP contribution in [0.1, 0.15) is 28.9 Å². The van der Waals surface area contributed by atoms with Gasteiger partial charge in [-0.05, 0) is 36.9 Å². The summed E-state index contributed by atoms with van der Waals surface area (Å²) in [7, 11) is 1.85. The Kier molecular flexibility index (Phi) is 7.79. The monoisotopic (exact) mass is 485 g/mol. The van der Waals surface area contributed by atoms with E-state index in [1.165, 1.54) is 11.8 Å². The van der Waals surface area contributed by atoms with E-state index in [0.717, 1.165) is 5.69 Å². The smallest absolute Gasteiger partial charge is 0.326 e. The number of carboxylic acid groups (broad SMARTS) is 2. The summed E-state index contributed by atoms with van der Waals surface area (Å²) in [4.78, 5) is 53.5. The summed E-state index contributed by atoms with van der Waals surface area (Å²) in [5.74, 6) is -2.89. The van der Waals surface area contributed by atoms with E-state index in [0.29, 0.717) is 28.4 Å². The molecule has 0 spiro atoms. The van der Waals surface area contributed by atoms with Gasteiger partial charge in [-0.2, -0.15) is 4.98 Å². The number of aromatic nitrogens is 4. The third-order valence-corrected chi connectivity index (χ3v) is 5.53. The quantitative estimate of drug-likeness (QED) is 0.239. The molecule has 0 aliphatic rings. The number of nitrogens with one attached hydrogen (secondary N) is 1. The molecule has 3 rings (SSSR count). The normalized spacial score (nSPS) is 11.7. The van der Waals surface area contributed by atoms with Gasteiger partial charge in [0.1, 0.15) is 16.6 Å². The highest BCUT2D eigenvalue weighted by atomic mass is 32.2. The second-order valence-corrected chi connectivity index (χ2v) is 8.12. The third-order valence-electron chi connectivity index (χ3n) is 4.86. The summed E-state index contributed by atoms with van der Waals surface area (Å²) in [6.07, 6.45) is 2.90. The molecular weight excluding hydrogens is 462 g/mol. The van der Waals surface area contributed by atoms with Crippen molar-refractivity contribution in [3.8, 4) is 0 Å². The summed E-state index contributed by atoms with van der Waals surface area (Å²) in [6.45, 7) is 0.420. The van der Waals surface area contributed by atoms with Crippen LogP contribution < -0.4 is 16.0 Å². The fourth-order valence-electron chi connectivity index (χ4n) is 3.12. The molecule has 0 saturated heterocycles. The van der Waals surface area contributed by atoms with Gasteiger partial charge in [-0.25, -0.2) is 19.7 Å². The van der Waals surface area contributed by atoms with Crippen LogP contribution in [0.3, 0.4) is 0 Å². The Morgan fingerprint density at radius 1 is 1.15 bits per heavy atom. The SMILES string of the molecule is CSc1nc(N)nc2ncc(CN(C)c3ccc(C(=O)N[C@@H](CCC(=O)O)C(=O)O)cc3)nc12. The number of hydrogen-bond acceptors (Lipinski definition) is 10. The zero-order valence-electron chi connectivity index (χ0n) is 18.4. The van der Waals surface area contributed by atoms with Crippen molar-refractivity contribution >= 4 is 52.4 Å². The van der Waals surface area contributed by atoms with E-state index in [-0.39, 0.29) is 24.4 Å². The second-order valence-electron chi connectivity index (χ2n) is 7.32. The second kappa shape index (κ2) is 10.7. The first-order valence-electron chi connectivity index (χ1n) is 10.1. The fourth-order valence-corrected chi connectivity index (χ4v) is 3.64. The van der Waals surface area contributed by atoms with Gasteiger partial charge < -0.3 is 26.2 Å². The summed E-state index contributed by atoms with van der Waals surface area (Å²) in [6, 6.07) is 5.27. The molecule has 5 N–H and O–H groups in total. The van der Waals surface area contributed by atoms with E-state index >= 15 is 0 Å². The molecule has 178 valence electrons. The van der Waals surface area contributed by atoms with Gasteiger partial charge in [0.25, 0.3) is 5.91 Å². The van der Waals surface area contributed by atoms with E-state index in [9.17, 15) is 19.5 Å². The highest BCUT2D eigenvalue weighted by Crippen LogP contribution is 2.22. The third kappa shape index (κ3) is 6.07. The van der Waals surface area contributed by atoms with Crippen LogP contribution in [0, 0.1) is 0 Å². The molecule has 0 aliphatic carbocycles. The standard InChI is InChI=1S/C21H23N7O5S/c1-28(10-12-9-23-17-16(24-12)19(34-2)27-21(22)26-17)13-5-3-11(4-6-13)18(31)25-14(20(32)33)7-8-15(29)30/h3-6,9,14H,7-8,10H2,1-2H3,(H,25,31)(H,29,30)(H,32,33)(H2,22,23,26,27)/t14-/m0/s1. The van der Waals surface area contributed by atoms with Gasteiger partial charge in [-0.1, -0.05) is 0 Å². The maximum atomic E-state index is 12.4. The number of nitrogen functional groups attached to an aromatic ring is 1. The van der Waals surface area contributed by atoms with E-state index in [1.807, 2.05) is 18.2 Å². The number of hydrogen-bond donors (Lipinski definition) is 4. The summed E-state index contributed by atoms with van der Waals surface area (Å²) >= 11 is 1.40. The van der Waals surface area contributed by atoms with Crippen molar-refractivity contribution in [3.05, 3.63) is 41.7 Å². The molecule has 12 nitrogen and oxygen atoms in total. The minimum atomic E-state index is -1.29. The number of nitrogens with zero attached hydrogens (tertiary/aromatic N) is 5. The van der Waals surface area contributed by atoms with Crippen LogP contribution in [0.5, 0.6) is 0 Å². The Morgan fingerprint density at radius 2 is 1.85 bits per heavy atom. The van der Waals surface area contributed by atoms with Crippen LogP contribution in [0.4, 0.5) is 11.6 Å². The van der Waals surface area contributed by atoms with Gasteiger partial charge in [0.15, 0.2) is 5.65 Å². The Hall–Kier alpha value is -4.00. The molecule has 1 aromatic carbocycles. The van der Waals surface area contributed by atoms with E-state index in [1.54, 1.807) is 30.5 Å². The number of nitrogens with two attached hydrogens (primary N) is 1. The minimum absolute atomic E-state index is 0.136. The van der Waals surface area contributed by atoms with Crippen LogP contribution in [0.2, 0.25) is 0 Å². The van der Waals surface area contributed by atoms with E-state index in [4.69, 9.17) is 10.8 Å². The highest BCUT2D eigenvalue weighted by molar-refractivity contribution is 7.98. The Morgan fingerprint density at radius 3 is 2.47 bits per heavy atom. The minimum Gasteiger partial charge on any atom is -0.481 e. The molecule has 0 unspecified atom stereocenters. The number of anilines is 2. The summed E-state index contributed by atoms with van der Waals surface area (Å²) in [5, 5.41) is 20.9. The van der Waals surface area contributed by atoms with Gasteiger partial charge in [-0.3, -0.25) is 9.59 Å². The lowest BCUT2D eigenvalue weighted by atomic mass is 10.1. The van der Waals surface area contributed by atoms with Crippen molar-refractivity contribution in [2.75, 3.05) is 23.9 Å². The number of benzene rings is 1. The van der Waals surface area contributed by atoms with Crippen molar-refractivity contribution in [2.24, 2.45) is 0 Å². The fraction of sp³-hybridized carbons (Fsp3) is 0.286. The van der Waals surface area contributed by atoms with Crippen molar-refractivity contribution in [3.63, 3.8) is 0 Å². The molecule has 1 atom stereocenters. The first-order valence-corrected chi connectivity index (χ1v) is 11.3. The van der Waals surface area contributed by atoms with Gasteiger partial charge in [0.2, 0.25) is 5.95 Å². The Labute approximate surface area is 198 Å². The van der Waals surface area contributed by atoms with E-state index in [2.05, 4.69) is 25.3 Å². The number of fused-ring (bicyclic) bond motifs is 1. The Bertz CT molecular complexity index is 1220. The van der Waals surface area contributed by atoms with Crippen LogP contribution in [-0.4, -0.2) is 67.3 Å². The molecule has 2 aromatic heterocycles. The number of amides is 1. The predicted molar refractivity (Wildman–Crippen MR) is 126 cm³/mol.